The summed E-state index contributed by atoms with van der Waals surface area (Å²) in [5.41, 5.74) is 1.94. The second-order valence-corrected chi connectivity index (χ2v) is 6.42. The van der Waals surface area contributed by atoms with E-state index in [-0.39, 0.29) is 5.60 Å². The van der Waals surface area contributed by atoms with E-state index in [0.717, 1.165) is 43.2 Å². The number of nitrogens with one attached hydrogen (secondary N) is 1. The Kier molecular flexibility index (Phi) is 3.93. The average Bonchev–Trinajstić information content (AvgIpc) is 2.48. The fourth-order valence-corrected chi connectivity index (χ4v) is 3.51. The van der Waals surface area contributed by atoms with Gasteiger partial charge in [0.25, 0.3) is 0 Å². The molecular formula is C15H22N2O2S. The molecule has 2 heterocycles. The Morgan fingerprint density at radius 3 is 2.85 bits per heavy atom. The molecule has 5 heteroatoms. The third-order valence-corrected chi connectivity index (χ3v) is 5.09. The van der Waals surface area contributed by atoms with Crippen molar-refractivity contribution in [1.29, 1.82) is 0 Å². The highest BCUT2D eigenvalue weighted by atomic mass is 32.1. The maximum absolute atomic E-state index is 5.89. The van der Waals surface area contributed by atoms with Gasteiger partial charge in [-0.05, 0) is 31.6 Å². The first-order valence-electron chi connectivity index (χ1n) is 7.40. The molecule has 1 aromatic heterocycles. The first-order chi connectivity index (χ1) is 9.64. The highest BCUT2D eigenvalue weighted by Gasteiger charge is 2.38. The molecule has 0 spiro atoms. The van der Waals surface area contributed by atoms with Gasteiger partial charge in [-0.2, -0.15) is 0 Å². The van der Waals surface area contributed by atoms with E-state index < -0.39 is 0 Å². The summed E-state index contributed by atoms with van der Waals surface area (Å²) in [5.74, 6) is 1.69. The number of ether oxygens (including phenoxy) is 2. The summed E-state index contributed by atoms with van der Waals surface area (Å²) in [6, 6.07) is 0. The van der Waals surface area contributed by atoms with Gasteiger partial charge in [0.1, 0.15) is 16.1 Å². The first kappa shape index (κ1) is 14.2. The second-order valence-electron chi connectivity index (χ2n) is 6.03. The molecule has 0 aromatic carbocycles. The Balaban J connectivity index is 2.00. The van der Waals surface area contributed by atoms with Crippen molar-refractivity contribution >= 4 is 12.2 Å². The summed E-state index contributed by atoms with van der Waals surface area (Å²) in [4.78, 5) is 8.13. The van der Waals surface area contributed by atoms with Gasteiger partial charge < -0.3 is 14.5 Å². The van der Waals surface area contributed by atoms with Crippen LogP contribution in [0, 0.1) is 10.6 Å². The van der Waals surface area contributed by atoms with E-state index in [4.69, 9.17) is 21.7 Å². The van der Waals surface area contributed by atoms with Crippen LogP contribution in [-0.4, -0.2) is 23.7 Å². The number of hydrogen-bond donors (Lipinski definition) is 1. The Morgan fingerprint density at radius 1 is 1.40 bits per heavy atom. The van der Waals surface area contributed by atoms with Gasteiger partial charge in [-0.1, -0.05) is 19.1 Å². The molecule has 0 saturated heterocycles. The fraction of sp³-hybridized carbons (Fsp3) is 0.733. The van der Waals surface area contributed by atoms with Crippen LogP contribution < -0.4 is 0 Å². The standard InChI is InChI=1S/C15H22N2O2S/c1-10-3-6-15(18-2,7-4-10)14-16-12-5-8-19-9-11(12)13(20)17-14/h10H,3-9H2,1-2H3,(H,16,17,20). The van der Waals surface area contributed by atoms with Gasteiger partial charge in [0, 0.05) is 24.8 Å². The molecule has 1 fully saturated rings. The Labute approximate surface area is 124 Å². The average molecular weight is 294 g/mol. The van der Waals surface area contributed by atoms with Gasteiger partial charge in [-0.3, -0.25) is 0 Å². The van der Waals surface area contributed by atoms with Gasteiger partial charge in [0.15, 0.2) is 0 Å². The lowest BCUT2D eigenvalue weighted by Gasteiger charge is -2.37. The van der Waals surface area contributed by atoms with Crippen LogP contribution in [0.4, 0.5) is 0 Å². The number of rotatable bonds is 2. The molecule has 110 valence electrons. The second kappa shape index (κ2) is 5.54. The zero-order valence-corrected chi connectivity index (χ0v) is 13.0. The van der Waals surface area contributed by atoms with Crippen LogP contribution in [0.1, 0.15) is 49.7 Å². The smallest absolute Gasteiger partial charge is 0.140 e. The number of aromatic amines is 1. The van der Waals surface area contributed by atoms with E-state index >= 15 is 0 Å². The number of methoxy groups -OCH3 is 1. The Hall–Kier alpha value is -0.780. The molecular weight excluding hydrogens is 272 g/mol. The van der Waals surface area contributed by atoms with Crippen LogP contribution in [0.2, 0.25) is 0 Å². The van der Waals surface area contributed by atoms with E-state index in [1.54, 1.807) is 7.11 Å². The fourth-order valence-electron chi connectivity index (χ4n) is 3.24. The summed E-state index contributed by atoms with van der Waals surface area (Å²) < 4.78 is 12.0. The molecule has 1 saturated carbocycles. The monoisotopic (exact) mass is 294 g/mol. The lowest BCUT2D eigenvalue weighted by atomic mass is 9.79. The molecule has 4 nitrogen and oxygen atoms in total. The van der Waals surface area contributed by atoms with Crippen LogP contribution in [0.25, 0.3) is 0 Å². The summed E-state index contributed by atoms with van der Waals surface area (Å²) in [6.07, 6.45) is 5.26. The SMILES string of the molecule is COC1(c2nc(=S)c3c([nH]2)CCOC3)CCC(C)CC1. The third kappa shape index (κ3) is 2.43. The van der Waals surface area contributed by atoms with Gasteiger partial charge in [-0.25, -0.2) is 4.98 Å². The van der Waals surface area contributed by atoms with Crippen molar-refractivity contribution in [2.24, 2.45) is 5.92 Å². The Bertz CT molecular complexity index is 547. The highest BCUT2D eigenvalue weighted by molar-refractivity contribution is 7.71. The summed E-state index contributed by atoms with van der Waals surface area (Å²) in [7, 11) is 1.79. The maximum Gasteiger partial charge on any atom is 0.140 e. The molecule has 0 amide bonds. The number of H-pyrrole nitrogens is 1. The highest BCUT2D eigenvalue weighted by Crippen LogP contribution is 2.40. The lowest BCUT2D eigenvalue weighted by molar-refractivity contribution is -0.0602. The van der Waals surface area contributed by atoms with Crippen LogP contribution in [0.3, 0.4) is 0 Å². The van der Waals surface area contributed by atoms with Crippen molar-refractivity contribution < 1.29 is 9.47 Å². The maximum atomic E-state index is 5.89. The number of aromatic nitrogens is 2. The van der Waals surface area contributed by atoms with Gasteiger partial charge >= 0.3 is 0 Å². The molecule has 1 aromatic rings. The first-order valence-corrected chi connectivity index (χ1v) is 7.81. The lowest BCUT2D eigenvalue weighted by Crippen LogP contribution is -2.36. The minimum atomic E-state index is -0.284. The van der Waals surface area contributed by atoms with Crippen LogP contribution in [0.15, 0.2) is 0 Å². The molecule has 0 bridgehead atoms. The molecule has 1 N–H and O–H groups in total. The zero-order valence-electron chi connectivity index (χ0n) is 12.2. The van der Waals surface area contributed by atoms with Crippen molar-refractivity contribution in [3.63, 3.8) is 0 Å². The quantitative estimate of drug-likeness (QED) is 0.851. The van der Waals surface area contributed by atoms with Crippen LogP contribution in [0.5, 0.6) is 0 Å². The largest absolute Gasteiger partial charge is 0.376 e. The van der Waals surface area contributed by atoms with E-state index in [0.29, 0.717) is 11.2 Å². The van der Waals surface area contributed by atoms with Gasteiger partial charge in [0.05, 0.1) is 13.2 Å². The molecule has 1 aliphatic heterocycles. The number of fused-ring (bicyclic) bond motifs is 1. The minimum absolute atomic E-state index is 0.284. The van der Waals surface area contributed by atoms with Crippen molar-refractivity contribution in [2.75, 3.05) is 13.7 Å². The van der Waals surface area contributed by atoms with Crippen LogP contribution >= 0.6 is 12.2 Å². The molecule has 20 heavy (non-hydrogen) atoms. The van der Waals surface area contributed by atoms with Gasteiger partial charge in [0.2, 0.25) is 0 Å². The predicted molar refractivity (Wildman–Crippen MR) is 79.1 cm³/mol. The molecule has 0 radical (unpaired) electrons. The van der Waals surface area contributed by atoms with Gasteiger partial charge in [-0.15, -0.1) is 0 Å². The van der Waals surface area contributed by atoms with E-state index in [1.807, 2.05) is 0 Å². The molecule has 0 unspecified atom stereocenters. The molecule has 0 atom stereocenters. The summed E-state index contributed by atoms with van der Waals surface area (Å²) in [5, 5.41) is 0. The summed E-state index contributed by atoms with van der Waals surface area (Å²) in [6.45, 7) is 3.63. The van der Waals surface area contributed by atoms with E-state index in [2.05, 4.69) is 16.9 Å². The minimum Gasteiger partial charge on any atom is -0.376 e. The van der Waals surface area contributed by atoms with Crippen molar-refractivity contribution in [1.82, 2.24) is 9.97 Å². The predicted octanol–water partition coefficient (Wildman–Crippen LogP) is 3.26. The normalized spacial score (nSPS) is 30.0. The third-order valence-electron chi connectivity index (χ3n) is 4.75. The topological polar surface area (TPSA) is 47.1 Å². The van der Waals surface area contributed by atoms with Crippen molar-refractivity contribution in [2.45, 2.75) is 51.2 Å². The van der Waals surface area contributed by atoms with E-state index in [1.165, 1.54) is 18.5 Å². The Morgan fingerprint density at radius 2 is 2.15 bits per heavy atom. The molecule has 3 rings (SSSR count). The molecule has 1 aliphatic carbocycles. The van der Waals surface area contributed by atoms with E-state index in [9.17, 15) is 0 Å². The van der Waals surface area contributed by atoms with Crippen molar-refractivity contribution in [3.05, 3.63) is 21.7 Å². The number of nitrogens with zero attached hydrogens (tertiary/aromatic N) is 1. The molecule has 2 aliphatic rings. The zero-order chi connectivity index (χ0) is 14.2. The number of hydrogen-bond acceptors (Lipinski definition) is 4. The summed E-state index contributed by atoms with van der Waals surface area (Å²) >= 11 is 5.45. The van der Waals surface area contributed by atoms with Crippen LogP contribution in [-0.2, 0) is 28.1 Å². The van der Waals surface area contributed by atoms with Crippen molar-refractivity contribution in [3.8, 4) is 0 Å².